The molecular formula is C18H27O. The molecule has 0 bridgehead atoms. The van der Waals surface area contributed by atoms with E-state index in [9.17, 15) is 4.79 Å². The van der Waals surface area contributed by atoms with Crippen molar-refractivity contribution in [1.29, 1.82) is 0 Å². The highest BCUT2D eigenvalue weighted by Gasteiger charge is 2.03. The third kappa shape index (κ3) is 7.81. The Morgan fingerprint density at radius 1 is 0.895 bits per heavy atom. The lowest BCUT2D eigenvalue weighted by atomic mass is 10.0. The molecule has 19 heavy (non-hydrogen) atoms. The van der Waals surface area contributed by atoms with E-state index in [1.807, 2.05) is 24.3 Å². The van der Waals surface area contributed by atoms with Crippen molar-refractivity contribution in [2.75, 3.05) is 0 Å². The molecule has 0 aliphatic heterocycles. The Bertz CT molecular complexity index is 329. The monoisotopic (exact) mass is 259 g/mol. The van der Waals surface area contributed by atoms with Crippen LogP contribution in [0.3, 0.4) is 0 Å². The zero-order chi connectivity index (χ0) is 13.8. The maximum absolute atomic E-state index is 11.8. The molecule has 0 fully saturated rings. The van der Waals surface area contributed by atoms with Gasteiger partial charge in [-0.2, -0.15) is 0 Å². The van der Waals surface area contributed by atoms with Gasteiger partial charge in [0.15, 0.2) is 5.78 Å². The molecule has 1 radical (unpaired) electrons. The molecule has 0 aromatic heterocycles. The minimum atomic E-state index is 0.275. The summed E-state index contributed by atoms with van der Waals surface area (Å²) < 4.78 is 0. The number of Topliss-reactive ketones (excluding diaryl/α,β-unsaturated/α-hetero) is 1. The van der Waals surface area contributed by atoms with E-state index < -0.39 is 0 Å². The summed E-state index contributed by atoms with van der Waals surface area (Å²) in [6.07, 6.45) is 12.4. The molecule has 1 heteroatoms. The second-order valence-electron chi connectivity index (χ2n) is 5.29. The van der Waals surface area contributed by atoms with Gasteiger partial charge in [-0.3, -0.25) is 4.79 Å². The number of hydrogen-bond acceptors (Lipinski definition) is 1. The summed E-state index contributed by atoms with van der Waals surface area (Å²) in [6, 6.07) is 10.3. The molecule has 105 valence electrons. The molecule has 0 unspecified atom stereocenters. The highest BCUT2D eigenvalue weighted by Crippen LogP contribution is 2.12. The van der Waals surface area contributed by atoms with E-state index in [1.165, 1.54) is 51.4 Å². The molecule has 0 amide bonds. The Kier molecular flexibility index (Phi) is 9.05. The molecule has 0 atom stereocenters. The normalized spacial score (nSPS) is 10.6. The van der Waals surface area contributed by atoms with Crippen molar-refractivity contribution in [1.82, 2.24) is 0 Å². The van der Waals surface area contributed by atoms with Gasteiger partial charge < -0.3 is 0 Å². The van der Waals surface area contributed by atoms with E-state index >= 15 is 0 Å². The van der Waals surface area contributed by atoms with Crippen molar-refractivity contribution < 1.29 is 4.79 Å². The predicted octanol–water partition coefficient (Wildman–Crippen LogP) is 5.59. The first kappa shape index (κ1) is 15.9. The lowest BCUT2D eigenvalue weighted by Gasteiger charge is -2.02. The summed E-state index contributed by atoms with van der Waals surface area (Å²) in [7, 11) is 0. The summed E-state index contributed by atoms with van der Waals surface area (Å²) in [6.45, 7) is 2.25. The number of hydrogen-bond donors (Lipinski definition) is 0. The molecule has 0 aliphatic rings. The van der Waals surface area contributed by atoms with Crippen LogP contribution in [0, 0.1) is 6.07 Å². The summed E-state index contributed by atoms with van der Waals surface area (Å²) in [5, 5.41) is 0. The van der Waals surface area contributed by atoms with Crippen LogP contribution in [0.25, 0.3) is 0 Å². The van der Waals surface area contributed by atoms with Crippen LogP contribution in [0.4, 0.5) is 0 Å². The van der Waals surface area contributed by atoms with Gasteiger partial charge in [0.25, 0.3) is 0 Å². The molecular weight excluding hydrogens is 232 g/mol. The number of benzene rings is 1. The number of carbonyl (C=O) groups is 1. The van der Waals surface area contributed by atoms with Gasteiger partial charge in [0, 0.05) is 12.0 Å². The number of carbonyl (C=O) groups excluding carboxylic acids is 1. The van der Waals surface area contributed by atoms with Crippen LogP contribution < -0.4 is 0 Å². The first-order valence-electron chi connectivity index (χ1n) is 7.84. The van der Waals surface area contributed by atoms with E-state index in [0.29, 0.717) is 6.42 Å². The Morgan fingerprint density at radius 2 is 1.42 bits per heavy atom. The minimum absolute atomic E-state index is 0.275. The topological polar surface area (TPSA) is 17.1 Å². The molecule has 0 saturated carbocycles. The number of unbranched alkanes of at least 4 members (excludes halogenated alkanes) is 8. The zero-order valence-corrected chi connectivity index (χ0v) is 12.3. The van der Waals surface area contributed by atoms with E-state index in [0.717, 1.165) is 12.0 Å². The first-order chi connectivity index (χ1) is 9.34. The summed E-state index contributed by atoms with van der Waals surface area (Å²) in [4.78, 5) is 11.8. The summed E-state index contributed by atoms with van der Waals surface area (Å²) in [5.41, 5.74) is 0.832. The Labute approximate surface area is 118 Å². The fourth-order valence-corrected chi connectivity index (χ4v) is 2.31. The van der Waals surface area contributed by atoms with Gasteiger partial charge in [-0.1, -0.05) is 82.6 Å². The fraction of sp³-hybridized carbons (Fsp3) is 0.611. The molecule has 1 aromatic rings. The largest absolute Gasteiger partial charge is 0.294 e. The van der Waals surface area contributed by atoms with Gasteiger partial charge in [0.05, 0.1) is 0 Å². The second kappa shape index (κ2) is 10.8. The lowest BCUT2D eigenvalue weighted by Crippen LogP contribution is -1.98. The van der Waals surface area contributed by atoms with Crippen molar-refractivity contribution in [2.45, 2.75) is 71.1 Å². The molecule has 1 aromatic carbocycles. The van der Waals surface area contributed by atoms with E-state index in [2.05, 4.69) is 13.0 Å². The predicted molar refractivity (Wildman–Crippen MR) is 81.5 cm³/mol. The van der Waals surface area contributed by atoms with Gasteiger partial charge in [-0.15, -0.1) is 0 Å². The molecule has 0 heterocycles. The van der Waals surface area contributed by atoms with E-state index in [1.54, 1.807) is 0 Å². The Balaban J connectivity index is 1.95. The van der Waals surface area contributed by atoms with Crippen molar-refractivity contribution in [3.63, 3.8) is 0 Å². The highest BCUT2D eigenvalue weighted by molar-refractivity contribution is 5.95. The SMILES string of the molecule is CCCCCCCCCCCC(=O)c1cc[c]cc1. The zero-order valence-electron chi connectivity index (χ0n) is 12.3. The van der Waals surface area contributed by atoms with Crippen molar-refractivity contribution >= 4 is 5.78 Å². The lowest BCUT2D eigenvalue weighted by molar-refractivity contribution is 0.0979. The molecule has 0 spiro atoms. The second-order valence-corrected chi connectivity index (χ2v) is 5.29. The van der Waals surface area contributed by atoms with Crippen LogP contribution in [0.5, 0.6) is 0 Å². The number of rotatable bonds is 11. The summed E-state index contributed by atoms with van der Waals surface area (Å²) >= 11 is 0. The third-order valence-electron chi connectivity index (χ3n) is 3.55. The fourth-order valence-electron chi connectivity index (χ4n) is 2.31. The average Bonchev–Trinajstić information content (AvgIpc) is 2.46. The van der Waals surface area contributed by atoms with Gasteiger partial charge in [-0.25, -0.2) is 0 Å². The maximum atomic E-state index is 11.8. The summed E-state index contributed by atoms with van der Waals surface area (Å²) in [5.74, 6) is 0.275. The van der Waals surface area contributed by atoms with E-state index in [4.69, 9.17) is 0 Å². The van der Waals surface area contributed by atoms with Gasteiger partial charge in [-0.05, 0) is 12.5 Å². The quantitative estimate of drug-likeness (QED) is 0.374. The van der Waals surface area contributed by atoms with Crippen LogP contribution in [0.1, 0.15) is 81.5 Å². The van der Waals surface area contributed by atoms with Crippen LogP contribution in [-0.2, 0) is 0 Å². The van der Waals surface area contributed by atoms with Crippen molar-refractivity contribution in [2.24, 2.45) is 0 Å². The van der Waals surface area contributed by atoms with E-state index in [-0.39, 0.29) is 5.78 Å². The minimum Gasteiger partial charge on any atom is -0.294 e. The van der Waals surface area contributed by atoms with Crippen LogP contribution in [-0.4, -0.2) is 5.78 Å². The van der Waals surface area contributed by atoms with Crippen LogP contribution >= 0.6 is 0 Å². The Hall–Kier alpha value is -1.11. The van der Waals surface area contributed by atoms with Gasteiger partial charge in [0.2, 0.25) is 0 Å². The highest BCUT2D eigenvalue weighted by atomic mass is 16.1. The average molecular weight is 259 g/mol. The molecule has 0 aliphatic carbocycles. The van der Waals surface area contributed by atoms with Crippen molar-refractivity contribution in [3.05, 3.63) is 35.9 Å². The first-order valence-corrected chi connectivity index (χ1v) is 7.84. The Morgan fingerprint density at radius 3 is 2.00 bits per heavy atom. The molecule has 0 N–H and O–H groups in total. The molecule has 1 rings (SSSR count). The smallest absolute Gasteiger partial charge is 0.162 e. The third-order valence-corrected chi connectivity index (χ3v) is 3.55. The molecule has 1 nitrogen and oxygen atoms in total. The number of ketones is 1. The van der Waals surface area contributed by atoms with Crippen LogP contribution in [0.2, 0.25) is 0 Å². The maximum Gasteiger partial charge on any atom is 0.162 e. The van der Waals surface area contributed by atoms with Crippen molar-refractivity contribution in [3.8, 4) is 0 Å². The molecule has 0 saturated heterocycles. The van der Waals surface area contributed by atoms with Gasteiger partial charge in [0.1, 0.15) is 0 Å². The van der Waals surface area contributed by atoms with Crippen LogP contribution in [0.15, 0.2) is 24.3 Å². The standard InChI is InChI=1S/C18H27O/c1-2-3-4-5-6-7-8-9-13-16-18(19)17-14-11-10-12-15-17/h11-12,14-15H,2-9,13,16H2,1H3. The van der Waals surface area contributed by atoms with Gasteiger partial charge >= 0.3 is 0 Å².